The molecule has 0 aliphatic heterocycles. The van der Waals surface area contributed by atoms with E-state index in [1.165, 1.54) is 12.1 Å². The monoisotopic (exact) mass is 258 g/mol. The maximum atomic E-state index is 13.2. The summed E-state index contributed by atoms with van der Waals surface area (Å²) in [5, 5.41) is 0. The minimum Gasteiger partial charge on any atom is -0.212 e. The molecule has 0 saturated heterocycles. The molecule has 1 aromatic carbocycles. The van der Waals surface area contributed by atoms with E-state index in [4.69, 9.17) is 0 Å². The maximum absolute atomic E-state index is 13.2. The molecule has 0 aliphatic carbocycles. The molecular formula is C8H6ClF3O2S. The van der Waals surface area contributed by atoms with Crippen LogP contribution in [0, 0.1) is 5.82 Å². The molecule has 0 fully saturated rings. The lowest BCUT2D eigenvalue weighted by Crippen LogP contribution is -2.24. The van der Waals surface area contributed by atoms with Gasteiger partial charge in [0.2, 0.25) is 9.05 Å². The van der Waals surface area contributed by atoms with Crippen LogP contribution in [0.25, 0.3) is 0 Å². The number of hydrogen-bond acceptors (Lipinski definition) is 2. The van der Waals surface area contributed by atoms with Gasteiger partial charge in [-0.2, -0.15) is 0 Å². The van der Waals surface area contributed by atoms with Crippen LogP contribution >= 0.6 is 10.7 Å². The third kappa shape index (κ3) is 3.39. The van der Waals surface area contributed by atoms with Crippen LogP contribution in [-0.2, 0) is 15.0 Å². The molecule has 1 aromatic rings. The summed E-state index contributed by atoms with van der Waals surface area (Å²) < 4.78 is 60.3. The van der Waals surface area contributed by atoms with E-state index in [-0.39, 0.29) is 0 Å². The third-order valence-electron chi connectivity index (χ3n) is 1.62. The smallest absolute Gasteiger partial charge is 0.212 e. The largest absolute Gasteiger partial charge is 0.291 e. The van der Waals surface area contributed by atoms with E-state index in [0.717, 1.165) is 12.1 Å². The highest BCUT2D eigenvalue weighted by molar-refractivity contribution is 8.13. The van der Waals surface area contributed by atoms with Crippen molar-refractivity contribution < 1.29 is 21.6 Å². The molecule has 0 aromatic heterocycles. The number of hydrogen-bond donors (Lipinski definition) is 0. The quantitative estimate of drug-likeness (QED) is 0.781. The molecule has 15 heavy (non-hydrogen) atoms. The Hall–Kier alpha value is -0.750. The van der Waals surface area contributed by atoms with Crippen molar-refractivity contribution in [3.05, 3.63) is 35.6 Å². The zero-order chi connectivity index (χ0) is 11.7. The summed E-state index contributed by atoms with van der Waals surface area (Å²) in [6.07, 6.45) is 0. The molecule has 0 saturated carbocycles. The highest BCUT2D eigenvalue weighted by atomic mass is 35.7. The molecule has 0 amide bonds. The van der Waals surface area contributed by atoms with Crippen molar-refractivity contribution in [1.29, 1.82) is 0 Å². The highest BCUT2D eigenvalue weighted by Gasteiger charge is 2.38. The van der Waals surface area contributed by atoms with Gasteiger partial charge in [-0.3, -0.25) is 0 Å². The molecule has 0 unspecified atom stereocenters. The Balaban J connectivity index is 3.12. The zero-order valence-electron chi connectivity index (χ0n) is 7.25. The lowest BCUT2D eigenvalue weighted by Gasteiger charge is -2.15. The summed E-state index contributed by atoms with van der Waals surface area (Å²) >= 11 is 0. The Bertz CT molecular complexity index is 459. The van der Waals surface area contributed by atoms with Gasteiger partial charge in [-0.15, -0.1) is 0 Å². The van der Waals surface area contributed by atoms with Crippen LogP contribution in [0.4, 0.5) is 13.2 Å². The molecule has 0 spiro atoms. The first-order valence-electron chi connectivity index (χ1n) is 3.77. The first-order valence-corrected chi connectivity index (χ1v) is 6.25. The summed E-state index contributed by atoms with van der Waals surface area (Å²) in [7, 11) is 0.299. The van der Waals surface area contributed by atoms with Gasteiger partial charge in [0.25, 0.3) is 5.92 Å². The topological polar surface area (TPSA) is 34.1 Å². The predicted molar refractivity (Wildman–Crippen MR) is 49.9 cm³/mol. The Morgan fingerprint density at radius 1 is 1.27 bits per heavy atom. The van der Waals surface area contributed by atoms with E-state index in [1.54, 1.807) is 0 Å². The first kappa shape index (κ1) is 12.3. The van der Waals surface area contributed by atoms with E-state index >= 15 is 0 Å². The van der Waals surface area contributed by atoms with Crippen LogP contribution in [0.15, 0.2) is 24.3 Å². The molecule has 7 heteroatoms. The Morgan fingerprint density at radius 2 is 1.80 bits per heavy atom. The van der Waals surface area contributed by atoms with Gasteiger partial charge in [0.15, 0.2) is 0 Å². The molecule has 0 atom stereocenters. The summed E-state index contributed by atoms with van der Waals surface area (Å²) in [5.74, 6) is -6.61. The molecule has 0 aliphatic rings. The molecule has 1 rings (SSSR count). The fourth-order valence-electron chi connectivity index (χ4n) is 1.05. The van der Waals surface area contributed by atoms with Gasteiger partial charge < -0.3 is 0 Å². The highest BCUT2D eigenvalue weighted by Crippen LogP contribution is 2.32. The maximum Gasteiger partial charge on any atom is 0.291 e. The van der Waals surface area contributed by atoms with Crippen LogP contribution in [0.3, 0.4) is 0 Å². The third-order valence-corrected chi connectivity index (χ3v) is 2.66. The first-order chi connectivity index (χ1) is 6.72. The second-order valence-corrected chi connectivity index (χ2v) is 5.64. The number of halogens is 4. The molecule has 0 radical (unpaired) electrons. The van der Waals surface area contributed by atoms with E-state index < -0.39 is 32.1 Å². The van der Waals surface area contributed by atoms with Crippen molar-refractivity contribution in [2.24, 2.45) is 0 Å². The molecular weight excluding hydrogens is 253 g/mol. The normalized spacial score (nSPS) is 12.8. The lowest BCUT2D eigenvalue weighted by molar-refractivity contribution is 0.0180. The zero-order valence-corrected chi connectivity index (χ0v) is 8.83. The van der Waals surface area contributed by atoms with Crippen molar-refractivity contribution >= 4 is 19.7 Å². The van der Waals surface area contributed by atoms with Crippen molar-refractivity contribution in [1.82, 2.24) is 0 Å². The number of benzene rings is 1. The summed E-state index contributed by atoms with van der Waals surface area (Å²) in [4.78, 5) is 0. The standard InChI is InChI=1S/C8H6ClF3O2S/c9-15(13,14)5-8(11,12)6-3-1-2-4-7(6)10/h1-4H,5H2. The number of alkyl halides is 2. The summed E-state index contributed by atoms with van der Waals surface area (Å²) in [6, 6.07) is 4.05. The fourth-order valence-corrected chi connectivity index (χ4v) is 2.05. The molecule has 0 heterocycles. The van der Waals surface area contributed by atoms with Crippen molar-refractivity contribution in [2.45, 2.75) is 5.92 Å². The van der Waals surface area contributed by atoms with E-state index in [2.05, 4.69) is 10.7 Å². The van der Waals surface area contributed by atoms with Gasteiger partial charge in [0.1, 0.15) is 11.6 Å². The van der Waals surface area contributed by atoms with Crippen LogP contribution in [0.5, 0.6) is 0 Å². The van der Waals surface area contributed by atoms with Gasteiger partial charge >= 0.3 is 0 Å². The minimum atomic E-state index is -4.39. The van der Waals surface area contributed by atoms with Crippen molar-refractivity contribution in [3.63, 3.8) is 0 Å². The second kappa shape index (κ2) is 4.02. The van der Waals surface area contributed by atoms with Gasteiger partial charge in [0.05, 0.1) is 5.56 Å². The predicted octanol–water partition coefficient (Wildman–Crippen LogP) is 2.49. The van der Waals surface area contributed by atoms with Crippen molar-refractivity contribution in [3.8, 4) is 0 Å². The van der Waals surface area contributed by atoms with Crippen LogP contribution in [-0.4, -0.2) is 14.2 Å². The molecule has 84 valence electrons. The van der Waals surface area contributed by atoms with Crippen LogP contribution in [0.1, 0.15) is 5.56 Å². The van der Waals surface area contributed by atoms with Crippen molar-refractivity contribution in [2.75, 3.05) is 5.75 Å². The van der Waals surface area contributed by atoms with Gasteiger partial charge in [-0.1, -0.05) is 18.2 Å². The average Bonchev–Trinajstić information content (AvgIpc) is 1.99. The SMILES string of the molecule is O=S(=O)(Cl)CC(F)(F)c1ccccc1F. The Labute approximate surface area is 89.1 Å². The van der Waals surface area contributed by atoms with E-state index in [9.17, 15) is 21.6 Å². The lowest BCUT2D eigenvalue weighted by atomic mass is 10.1. The summed E-state index contributed by atoms with van der Waals surface area (Å²) in [5.41, 5.74) is -0.978. The Morgan fingerprint density at radius 3 is 2.27 bits per heavy atom. The second-order valence-electron chi connectivity index (χ2n) is 2.87. The van der Waals surface area contributed by atoms with Crippen LogP contribution < -0.4 is 0 Å². The van der Waals surface area contributed by atoms with E-state index in [1.807, 2.05) is 0 Å². The molecule has 0 N–H and O–H groups in total. The van der Waals surface area contributed by atoms with Gasteiger partial charge in [-0.25, -0.2) is 21.6 Å². The minimum absolute atomic E-state index is 0.817. The van der Waals surface area contributed by atoms with Gasteiger partial charge in [0, 0.05) is 10.7 Å². The average molecular weight is 259 g/mol. The van der Waals surface area contributed by atoms with Gasteiger partial charge in [-0.05, 0) is 6.07 Å². The van der Waals surface area contributed by atoms with E-state index in [0.29, 0.717) is 0 Å². The Kier molecular flexibility index (Phi) is 3.30. The number of rotatable bonds is 3. The van der Waals surface area contributed by atoms with Crippen LogP contribution in [0.2, 0.25) is 0 Å². The molecule has 0 bridgehead atoms. The summed E-state index contributed by atoms with van der Waals surface area (Å²) in [6.45, 7) is 0. The fraction of sp³-hybridized carbons (Fsp3) is 0.250. The molecule has 2 nitrogen and oxygen atoms in total.